The highest BCUT2D eigenvalue weighted by Crippen LogP contribution is 2.22. The Hall–Kier alpha value is -0.620. The molecular weight excluding hydrogens is 288 g/mol. The van der Waals surface area contributed by atoms with Gasteiger partial charge in [0.2, 0.25) is 0 Å². The summed E-state index contributed by atoms with van der Waals surface area (Å²) in [5.74, 6) is 0. The summed E-state index contributed by atoms with van der Waals surface area (Å²) in [6.07, 6.45) is 1.04. The van der Waals surface area contributed by atoms with Crippen molar-refractivity contribution in [3.05, 3.63) is 16.4 Å². The van der Waals surface area contributed by atoms with Gasteiger partial charge in [0.05, 0.1) is 29.1 Å². The van der Waals surface area contributed by atoms with Crippen LogP contribution >= 0.6 is 11.6 Å². The SMILES string of the molecule is CCNC(Cc1c(Cl)c(C)nn1C)C1CN(CC)CCO1. The Balaban J connectivity index is 2.11. The average molecular weight is 315 g/mol. The molecule has 1 aromatic rings. The Bertz CT molecular complexity index is 463. The molecule has 120 valence electrons. The minimum Gasteiger partial charge on any atom is -0.374 e. The Morgan fingerprint density at radius 1 is 1.48 bits per heavy atom. The lowest BCUT2D eigenvalue weighted by Crippen LogP contribution is -2.53. The van der Waals surface area contributed by atoms with Crippen LogP contribution in [-0.4, -0.2) is 59.6 Å². The number of morpholine rings is 1. The van der Waals surface area contributed by atoms with Gasteiger partial charge in [0, 0.05) is 32.6 Å². The van der Waals surface area contributed by atoms with Crippen LogP contribution in [0.15, 0.2) is 0 Å². The summed E-state index contributed by atoms with van der Waals surface area (Å²) in [7, 11) is 1.96. The maximum Gasteiger partial charge on any atom is 0.0859 e. The van der Waals surface area contributed by atoms with E-state index in [1.54, 1.807) is 0 Å². The third-order valence-electron chi connectivity index (χ3n) is 4.21. The first kappa shape index (κ1) is 16.7. The third kappa shape index (κ3) is 3.97. The molecule has 2 rings (SSSR count). The summed E-state index contributed by atoms with van der Waals surface area (Å²) in [5.41, 5.74) is 1.97. The van der Waals surface area contributed by atoms with Crippen LogP contribution in [0.4, 0.5) is 0 Å². The van der Waals surface area contributed by atoms with Crippen molar-refractivity contribution in [3.63, 3.8) is 0 Å². The zero-order valence-electron chi connectivity index (χ0n) is 13.5. The molecule has 0 spiro atoms. The largest absolute Gasteiger partial charge is 0.374 e. The Morgan fingerprint density at radius 2 is 2.24 bits per heavy atom. The highest BCUT2D eigenvalue weighted by atomic mass is 35.5. The predicted octanol–water partition coefficient (Wildman–Crippen LogP) is 1.62. The second kappa shape index (κ2) is 7.58. The monoisotopic (exact) mass is 314 g/mol. The Labute approximate surface area is 132 Å². The van der Waals surface area contributed by atoms with Crippen LogP contribution in [0.1, 0.15) is 25.2 Å². The van der Waals surface area contributed by atoms with Gasteiger partial charge >= 0.3 is 0 Å². The number of aryl methyl sites for hydroxylation is 2. The molecule has 2 heterocycles. The molecule has 0 radical (unpaired) electrons. The van der Waals surface area contributed by atoms with E-state index in [0.29, 0.717) is 0 Å². The molecule has 1 aliphatic heterocycles. The maximum atomic E-state index is 6.39. The molecule has 0 aromatic carbocycles. The van der Waals surface area contributed by atoms with Crippen molar-refractivity contribution in [1.29, 1.82) is 0 Å². The van der Waals surface area contributed by atoms with Gasteiger partial charge in [-0.2, -0.15) is 5.10 Å². The van der Waals surface area contributed by atoms with Gasteiger partial charge < -0.3 is 10.1 Å². The van der Waals surface area contributed by atoms with Crippen LogP contribution in [-0.2, 0) is 18.2 Å². The minimum atomic E-state index is 0.199. The molecule has 1 aliphatic rings. The summed E-state index contributed by atoms with van der Waals surface area (Å²) in [6.45, 7) is 11.1. The number of aromatic nitrogens is 2. The van der Waals surface area contributed by atoms with E-state index in [4.69, 9.17) is 16.3 Å². The molecule has 0 aliphatic carbocycles. The zero-order chi connectivity index (χ0) is 15.4. The van der Waals surface area contributed by atoms with Crippen LogP contribution in [0.3, 0.4) is 0 Å². The lowest BCUT2D eigenvalue weighted by Gasteiger charge is -2.37. The highest BCUT2D eigenvalue weighted by Gasteiger charge is 2.29. The second-order valence-corrected chi connectivity index (χ2v) is 6.02. The number of hydrogen-bond donors (Lipinski definition) is 1. The third-order valence-corrected chi connectivity index (χ3v) is 4.71. The fraction of sp³-hybridized carbons (Fsp3) is 0.800. The Kier molecular flexibility index (Phi) is 6.05. The summed E-state index contributed by atoms with van der Waals surface area (Å²) >= 11 is 6.39. The average Bonchev–Trinajstić information content (AvgIpc) is 2.73. The van der Waals surface area contributed by atoms with Crippen LogP contribution in [0.25, 0.3) is 0 Å². The number of nitrogens with zero attached hydrogens (tertiary/aromatic N) is 3. The summed E-state index contributed by atoms with van der Waals surface area (Å²) in [5, 5.41) is 8.74. The molecule has 0 saturated carbocycles. The molecule has 1 aromatic heterocycles. The van der Waals surface area contributed by atoms with Crippen LogP contribution < -0.4 is 5.32 Å². The van der Waals surface area contributed by atoms with E-state index in [9.17, 15) is 0 Å². The first-order chi connectivity index (χ1) is 10.1. The molecule has 2 atom stereocenters. The first-order valence-corrected chi connectivity index (χ1v) is 8.19. The van der Waals surface area contributed by atoms with Crippen molar-refractivity contribution in [3.8, 4) is 0 Å². The summed E-state index contributed by atoms with van der Waals surface area (Å²) < 4.78 is 7.90. The lowest BCUT2D eigenvalue weighted by molar-refractivity contribution is -0.0447. The zero-order valence-corrected chi connectivity index (χ0v) is 14.3. The summed E-state index contributed by atoms with van der Waals surface area (Å²) in [4.78, 5) is 2.44. The quantitative estimate of drug-likeness (QED) is 0.866. The number of hydrogen-bond acceptors (Lipinski definition) is 4. The van der Waals surface area contributed by atoms with E-state index in [2.05, 4.69) is 29.2 Å². The molecule has 6 heteroatoms. The molecule has 1 fully saturated rings. The predicted molar refractivity (Wildman–Crippen MR) is 86.0 cm³/mol. The molecule has 5 nitrogen and oxygen atoms in total. The van der Waals surface area contributed by atoms with Gasteiger partial charge in [-0.15, -0.1) is 0 Å². The fourth-order valence-corrected chi connectivity index (χ4v) is 3.21. The van der Waals surface area contributed by atoms with Gasteiger partial charge in [0.15, 0.2) is 0 Å². The summed E-state index contributed by atoms with van der Waals surface area (Å²) in [6, 6.07) is 0.261. The van der Waals surface area contributed by atoms with E-state index in [-0.39, 0.29) is 12.1 Å². The van der Waals surface area contributed by atoms with E-state index in [1.165, 1.54) is 0 Å². The topological polar surface area (TPSA) is 42.3 Å². The highest BCUT2D eigenvalue weighted by molar-refractivity contribution is 6.31. The molecule has 1 N–H and O–H groups in total. The van der Waals surface area contributed by atoms with E-state index in [1.807, 2.05) is 18.7 Å². The van der Waals surface area contributed by atoms with Crippen molar-refractivity contribution in [1.82, 2.24) is 20.0 Å². The molecule has 2 unspecified atom stereocenters. The van der Waals surface area contributed by atoms with Crippen LogP contribution in [0.2, 0.25) is 5.02 Å². The van der Waals surface area contributed by atoms with Gasteiger partial charge in [-0.25, -0.2) is 0 Å². The van der Waals surface area contributed by atoms with Crippen LogP contribution in [0, 0.1) is 6.92 Å². The lowest BCUT2D eigenvalue weighted by atomic mass is 10.0. The van der Waals surface area contributed by atoms with Gasteiger partial charge in [-0.3, -0.25) is 9.58 Å². The van der Waals surface area contributed by atoms with E-state index >= 15 is 0 Å². The maximum absolute atomic E-state index is 6.39. The fourth-order valence-electron chi connectivity index (χ4n) is 2.97. The molecule has 0 bridgehead atoms. The molecule has 21 heavy (non-hydrogen) atoms. The van der Waals surface area contributed by atoms with Crippen molar-refractivity contribution < 1.29 is 4.74 Å². The van der Waals surface area contributed by atoms with Gasteiger partial charge in [-0.05, 0) is 20.0 Å². The first-order valence-electron chi connectivity index (χ1n) is 7.82. The normalized spacial score (nSPS) is 21.7. The van der Waals surface area contributed by atoms with Gasteiger partial charge in [0.1, 0.15) is 0 Å². The molecular formula is C15H27ClN4O. The number of nitrogens with one attached hydrogen (secondary N) is 1. The van der Waals surface area contributed by atoms with Crippen molar-refractivity contribution in [2.45, 2.75) is 39.3 Å². The number of likely N-dealkylation sites (N-methyl/N-ethyl adjacent to an activating group) is 2. The van der Waals surface area contributed by atoms with Crippen molar-refractivity contribution in [2.24, 2.45) is 7.05 Å². The minimum absolute atomic E-state index is 0.199. The van der Waals surface area contributed by atoms with Crippen molar-refractivity contribution >= 4 is 11.6 Å². The van der Waals surface area contributed by atoms with Crippen LogP contribution in [0.5, 0.6) is 0 Å². The van der Waals surface area contributed by atoms with Gasteiger partial charge in [-0.1, -0.05) is 25.4 Å². The molecule has 1 saturated heterocycles. The van der Waals surface area contributed by atoms with E-state index in [0.717, 1.165) is 55.6 Å². The standard InChI is InChI=1S/C15H27ClN4O/c1-5-17-12(14-10-20(6-2)7-8-21-14)9-13-15(16)11(3)18-19(13)4/h12,14,17H,5-10H2,1-4H3. The van der Waals surface area contributed by atoms with Crippen molar-refractivity contribution in [2.75, 3.05) is 32.8 Å². The van der Waals surface area contributed by atoms with Gasteiger partial charge in [0.25, 0.3) is 0 Å². The smallest absolute Gasteiger partial charge is 0.0859 e. The Morgan fingerprint density at radius 3 is 2.81 bits per heavy atom. The second-order valence-electron chi connectivity index (χ2n) is 5.64. The van der Waals surface area contributed by atoms with E-state index < -0.39 is 0 Å². The molecule has 0 amide bonds. The number of rotatable bonds is 6. The number of ether oxygens (including phenoxy) is 1. The number of halogens is 1.